The fourth-order valence-electron chi connectivity index (χ4n) is 4.41. The molecule has 1 atom stereocenters. The Morgan fingerprint density at radius 2 is 2.03 bits per heavy atom. The Balaban J connectivity index is 1.57. The van der Waals surface area contributed by atoms with E-state index in [0.717, 1.165) is 35.1 Å². The van der Waals surface area contributed by atoms with E-state index in [0.29, 0.717) is 39.0 Å². The van der Waals surface area contributed by atoms with Gasteiger partial charge in [-0.25, -0.2) is 9.78 Å². The van der Waals surface area contributed by atoms with Crippen molar-refractivity contribution in [3.8, 4) is 11.5 Å². The SMILES string of the molecule is CC(C)OC(=O)c1c(NC(=O)c2cc(-c3ccco3)nc3ccccc23)sc2c1CC[C@H](C)C2. The number of thiophene rings is 1. The van der Waals surface area contributed by atoms with Crippen molar-refractivity contribution < 1.29 is 18.7 Å². The maximum atomic E-state index is 13.6. The number of hydrogen-bond acceptors (Lipinski definition) is 6. The fraction of sp³-hybridized carbons (Fsp3) is 0.296. The monoisotopic (exact) mass is 474 g/mol. The van der Waals surface area contributed by atoms with E-state index in [1.165, 1.54) is 11.3 Å². The third-order valence-corrected chi connectivity index (χ3v) is 7.19. The topological polar surface area (TPSA) is 81.4 Å². The first-order valence-electron chi connectivity index (χ1n) is 11.5. The van der Waals surface area contributed by atoms with Crippen LogP contribution in [-0.4, -0.2) is 23.0 Å². The summed E-state index contributed by atoms with van der Waals surface area (Å²) in [5, 5.41) is 4.32. The first-order valence-corrected chi connectivity index (χ1v) is 12.3. The molecule has 0 spiro atoms. The Bertz CT molecular complexity index is 1370. The molecule has 0 unspecified atom stereocenters. The number of benzene rings is 1. The third-order valence-electron chi connectivity index (χ3n) is 6.02. The average molecular weight is 475 g/mol. The maximum Gasteiger partial charge on any atom is 0.341 e. The lowest BCUT2D eigenvalue weighted by Crippen LogP contribution is -2.19. The quantitative estimate of drug-likeness (QED) is 0.334. The van der Waals surface area contributed by atoms with Crippen LogP contribution in [-0.2, 0) is 17.6 Å². The van der Waals surface area contributed by atoms with Crippen molar-refractivity contribution in [2.45, 2.75) is 46.1 Å². The lowest BCUT2D eigenvalue weighted by atomic mass is 9.88. The van der Waals surface area contributed by atoms with E-state index < -0.39 is 0 Å². The second-order valence-corrected chi connectivity index (χ2v) is 10.1. The van der Waals surface area contributed by atoms with Crippen molar-refractivity contribution in [2.75, 3.05) is 5.32 Å². The van der Waals surface area contributed by atoms with Crippen LogP contribution in [0.3, 0.4) is 0 Å². The molecule has 174 valence electrons. The molecule has 3 aromatic heterocycles. The van der Waals surface area contributed by atoms with Crippen molar-refractivity contribution in [1.29, 1.82) is 0 Å². The lowest BCUT2D eigenvalue weighted by molar-refractivity contribution is 0.0378. The number of amides is 1. The summed E-state index contributed by atoms with van der Waals surface area (Å²) in [6.07, 6.45) is 4.07. The summed E-state index contributed by atoms with van der Waals surface area (Å²) in [6.45, 7) is 5.87. The molecule has 3 heterocycles. The van der Waals surface area contributed by atoms with Crippen LogP contribution in [0, 0.1) is 5.92 Å². The molecule has 1 aliphatic carbocycles. The Hall–Kier alpha value is -3.45. The molecule has 6 nitrogen and oxygen atoms in total. The zero-order chi connectivity index (χ0) is 23.8. The summed E-state index contributed by atoms with van der Waals surface area (Å²) in [7, 11) is 0. The van der Waals surface area contributed by atoms with Gasteiger partial charge in [0.1, 0.15) is 10.7 Å². The molecule has 1 aliphatic rings. The largest absolute Gasteiger partial charge is 0.463 e. The molecule has 1 N–H and O–H groups in total. The lowest BCUT2D eigenvalue weighted by Gasteiger charge is -2.19. The summed E-state index contributed by atoms with van der Waals surface area (Å²) < 4.78 is 11.1. The van der Waals surface area contributed by atoms with E-state index in [9.17, 15) is 9.59 Å². The summed E-state index contributed by atoms with van der Waals surface area (Å²) in [5.74, 6) is 0.454. The number of ether oxygens (including phenoxy) is 1. The second kappa shape index (κ2) is 9.06. The van der Waals surface area contributed by atoms with Crippen LogP contribution in [0.25, 0.3) is 22.4 Å². The number of aromatic nitrogens is 1. The zero-order valence-electron chi connectivity index (χ0n) is 19.4. The third kappa shape index (κ3) is 4.23. The normalized spacial score (nSPS) is 15.4. The van der Waals surface area contributed by atoms with Gasteiger partial charge in [0.2, 0.25) is 0 Å². The maximum absolute atomic E-state index is 13.6. The summed E-state index contributed by atoms with van der Waals surface area (Å²) in [6, 6.07) is 12.8. The molecule has 4 aromatic rings. The van der Waals surface area contributed by atoms with Crippen molar-refractivity contribution in [3.63, 3.8) is 0 Å². The predicted octanol–water partition coefficient (Wildman–Crippen LogP) is 6.50. The zero-order valence-corrected chi connectivity index (χ0v) is 20.2. The minimum Gasteiger partial charge on any atom is -0.463 e. The molecular weight excluding hydrogens is 448 g/mol. The summed E-state index contributed by atoms with van der Waals surface area (Å²) in [4.78, 5) is 32.5. The van der Waals surface area contributed by atoms with Gasteiger partial charge in [0.15, 0.2) is 5.76 Å². The molecule has 34 heavy (non-hydrogen) atoms. The van der Waals surface area contributed by atoms with Gasteiger partial charge in [-0.05, 0) is 68.9 Å². The molecule has 1 amide bonds. The smallest absolute Gasteiger partial charge is 0.341 e. The highest BCUT2D eigenvalue weighted by Gasteiger charge is 2.30. The highest BCUT2D eigenvalue weighted by molar-refractivity contribution is 7.17. The standard InChI is InChI=1S/C27H26N2O4S/c1-15(2)33-27(31)24-18-11-10-16(3)13-23(18)34-26(24)29-25(30)19-14-21(22-9-6-12-32-22)28-20-8-5-4-7-17(19)20/h4-9,12,14-16H,10-11,13H2,1-3H3,(H,29,30)/t16-/m0/s1. The van der Waals surface area contributed by atoms with Gasteiger partial charge < -0.3 is 14.5 Å². The molecule has 7 heteroatoms. The minimum atomic E-state index is -0.381. The molecular formula is C27H26N2O4S. The number of anilines is 1. The summed E-state index contributed by atoms with van der Waals surface area (Å²) >= 11 is 1.48. The number of fused-ring (bicyclic) bond motifs is 2. The van der Waals surface area contributed by atoms with E-state index in [4.69, 9.17) is 9.15 Å². The van der Waals surface area contributed by atoms with Gasteiger partial charge in [-0.15, -0.1) is 11.3 Å². The van der Waals surface area contributed by atoms with Crippen molar-refractivity contribution in [3.05, 3.63) is 70.3 Å². The van der Waals surface area contributed by atoms with Gasteiger partial charge in [0, 0.05) is 10.3 Å². The van der Waals surface area contributed by atoms with Crippen LogP contribution in [0.5, 0.6) is 0 Å². The second-order valence-electron chi connectivity index (χ2n) is 9.01. The van der Waals surface area contributed by atoms with E-state index in [-0.39, 0.29) is 18.0 Å². The van der Waals surface area contributed by atoms with Crippen LogP contribution in [0.4, 0.5) is 5.00 Å². The van der Waals surface area contributed by atoms with Gasteiger partial charge in [-0.2, -0.15) is 0 Å². The Kier molecular flexibility index (Phi) is 5.96. The Morgan fingerprint density at radius 3 is 2.79 bits per heavy atom. The average Bonchev–Trinajstić information content (AvgIpc) is 3.45. The number of pyridine rings is 1. The number of hydrogen-bond donors (Lipinski definition) is 1. The van der Waals surface area contributed by atoms with Gasteiger partial charge in [-0.3, -0.25) is 4.79 Å². The molecule has 0 saturated carbocycles. The summed E-state index contributed by atoms with van der Waals surface area (Å²) in [5.41, 5.74) is 3.26. The van der Waals surface area contributed by atoms with Gasteiger partial charge >= 0.3 is 5.97 Å². The molecule has 0 radical (unpaired) electrons. The molecule has 5 rings (SSSR count). The number of nitrogens with one attached hydrogen (secondary N) is 1. The fourth-order valence-corrected chi connectivity index (χ4v) is 5.81. The molecule has 0 aliphatic heterocycles. The van der Waals surface area contributed by atoms with E-state index in [1.807, 2.05) is 44.2 Å². The van der Waals surface area contributed by atoms with Crippen molar-refractivity contribution >= 4 is 39.1 Å². The number of para-hydroxylation sites is 1. The van der Waals surface area contributed by atoms with Gasteiger partial charge in [0.05, 0.1) is 29.0 Å². The number of furan rings is 1. The number of esters is 1. The first-order chi connectivity index (χ1) is 16.4. The molecule has 0 fully saturated rings. The van der Waals surface area contributed by atoms with Crippen LogP contribution < -0.4 is 5.32 Å². The van der Waals surface area contributed by atoms with Crippen molar-refractivity contribution in [2.24, 2.45) is 5.92 Å². The van der Waals surface area contributed by atoms with Crippen LogP contribution >= 0.6 is 11.3 Å². The Morgan fingerprint density at radius 1 is 1.21 bits per heavy atom. The molecule has 0 bridgehead atoms. The van der Waals surface area contributed by atoms with E-state index >= 15 is 0 Å². The van der Waals surface area contributed by atoms with Crippen LogP contribution in [0.2, 0.25) is 0 Å². The predicted molar refractivity (Wildman–Crippen MR) is 133 cm³/mol. The van der Waals surface area contributed by atoms with E-state index in [1.54, 1.807) is 18.4 Å². The van der Waals surface area contributed by atoms with Crippen LogP contribution in [0.15, 0.2) is 53.1 Å². The minimum absolute atomic E-state index is 0.242. The van der Waals surface area contributed by atoms with Crippen LogP contribution in [0.1, 0.15) is 58.3 Å². The van der Waals surface area contributed by atoms with E-state index in [2.05, 4.69) is 17.2 Å². The highest BCUT2D eigenvalue weighted by Crippen LogP contribution is 2.40. The number of nitrogens with zero attached hydrogens (tertiary/aromatic N) is 1. The van der Waals surface area contributed by atoms with Gasteiger partial charge in [-0.1, -0.05) is 25.1 Å². The molecule has 1 aromatic carbocycles. The highest BCUT2D eigenvalue weighted by atomic mass is 32.1. The first kappa shape index (κ1) is 22.3. The number of carbonyl (C=O) groups is 2. The number of carbonyl (C=O) groups excluding carboxylic acids is 2. The van der Waals surface area contributed by atoms with Crippen molar-refractivity contribution in [1.82, 2.24) is 4.98 Å². The Labute approximate surface area is 202 Å². The number of rotatable bonds is 5. The van der Waals surface area contributed by atoms with Gasteiger partial charge in [0.25, 0.3) is 5.91 Å². The molecule has 0 saturated heterocycles.